The number of amides is 1. The third-order valence-corrected chi connectivity index (χ3v) is 9.46. The Morgan fingerprint density at radius 2 is 1.95 bits per heavy atom. The second kappa shape index (κ2) is 11.9. The molecule has 1 aliphatic carbocycles. The van der Waals surface area contributed by atoms with Crippen LogP contribution in [0.2, 0.25) is 0 Å². The van der Waals surface area contributed by atoms with Crippen molar-refractivity contribution < 1.29 is 28.6 Å². The summed E-state index contributed by atoms with van der Waals surface area (Å²) >= 11 is 0. The van der Waals surface area contributed by atoms with Crippen LogP contribution >= 0.6 is 0 Å². The molecule has 232 valence electrons. The first kappa shape index (κ1) is 32.5. The Labute approximate surface area is 254 Å². The molecule has 1 aromatic carbocycles. The summed E-state index contributed by atoms with van der Waals surface area (Å²) < 4.78 is 20.5. The highest BCUT2D eigenvalue weighted by molar-refractivity contribution is 6.03. The highest BCUT2D eigenvalue weighted by Crippen LogP contribution is 2.43. The van der Waals surface area contributed by atoms with E-state index in [1.54, 1.807) is 33.8 Å². The first-order valence-corrected chi connectivity index (χ1v) is 15.4. The first-order valence-electron chi connectivity index (χ1n) is 15.4. The van der Waals surface area contributed by atoms with Crippen molar-refractivity contribution in [1.82, 2.24) is 10.3 Å². The lowest BCUT2D eigenvalue weighted by Crippen LogP contribution is -2.46. The van der Waals surface area contributed by atoms with Crippen LogP contribution in [0.1, 0.15) is 109 Å². The van der Waals surface area contributed by atoms with Gasteiger partial charge in [-0.15, -0.1) is 0 Å². The van der Waals surface area contributed by atoms with Crippen LogP contribution in [0.25, 0.3) is 16.5 Å². The molecule has 43 heavy (non-hydrogen) atoms. The highest BCUT2D eigenvalue weighted by Gasteiger charge is 2.45. The number of nitrogens with zero attached hydrogens (tertiary/aromatic N) is 1. The molecular weight excluding hydrogens is 547 g/mol. The molecule has 0 saturated heterocycles. The number of aromatic nitrogens is 1. The molecule has 1 aromatic heterocycles. The molecule has 2 N–H and O–H groups in total. The number of allylic oxidation sites excluding steroid dienone is 1. The zero-order valence-electron chi connectivity index (χ0n) is 27.0. The Hall–Kier alpha value is -3.39. The number of benzene rings is 1. The Bertz CT molecular complexity index is 1570. The Balaban J connectivity index is 2.02. The molecule has 1 amide bonds. The van der Waals surface area contributed by atoms with E-state index < -0.39 is 17.0 Å². The minimum absolute atomic E-state index is 0.0199. The van der Waals surface area contributed by atoms with E-state index in [0.717, 1.165) is 22.1 Å². The monoisotopic (exact) mass is 592 g/mol. The molecule has 2 atom stereocenters. The third-order valence-electron chi connectivity index (χ3n) is 9.46. The van der Waals surface area contributed by atoms with Crippen molar-refractivity contribution >= 4 is 34.1 Å². The number of carbonyl (C=O) groups excluding carboxylic acids is 3. The van der Waals surface area contributed by atoms with Gasteiger partial charge in [-0.2, -0.15) is 0 Å². The summed E-state index contributed by atoms with van der Waals surface area (Å²) in [5.41, 5.74) is 2.95. The molecule has 2 unspecified atom stereocenters. The number of esters is 1. The van der Waals surface area contributed by atoms with Crippen LogP contribution in [0.5, 0.6) is 0 Å². The third kappa shape index (κ3) is 5.54. The van der Waals surface area contributed by atoms with Gasteiger partial charge in [0.05, 0.1) is 17.3 Å². The number of aryl methyl sites for hydroxylation is 1. The number of ketones is 1. The number of halogens is 1. The van der Waals surface area contributed by atoms with Crippen LogP contribution in [0.15, 0.2) is 23.3 Å². The summed E-state index contributed by atoms with van der Waals surface area (Å²) in [6.45, 7) is 16.4. The molecule has 0 fully saturated rings. The van der Waals surface area contributed by atoms with E-state index in [1.165, 1.54) is 6.07 Å². The largest absolute Gasteiger partial charge is 0.458 e. The zero-order valence-corrected chi connectivity index (χ0v) is 27.0. The highest BCUT2D eigenvalue weighted by atomic mass is 19.1. The molecule has 2 aliphatic rings. The second-order valence-corrected chi connectivity index (χ2v) is 12.9. The first-order chi connectivity index (χ1) is 20.1. The molecule has 2 heterocycles. The lowest BCUT2D eigenvalue weighted by Gasteiger charge is -2.34. The number of cyclic esters (lactones) is 1. The minimum Gasteiger partial charge on any atom is -0.458 e. The molecule has 8 heteroatoms. The number of ether oxygens (including phenoxy) is 1. The van der Waals surface area contributed by atoms with E-state index in [2.05, 4.69) is 5.32 Å². The van der Waals surface area contributed by atoms with Crippen molar-refractivity contribution in [3.63, 3.8) is 0 Å². The lowest BCUT2D eigenvalue weighted by molar-refractivity contribution is -0.163. The molecule has 7 nitrogen and oxygen atoms in total. The fourth-order valence-electron chi connectivity index (χ4n) is 6.19. The van der Waals surface area contributed by atoms with E-state index in [-0.39, 0.29) is 53.6 Å². The van der Waals surface area contributed by atoms with Gasteiger partial charge in [-0.1, -0.05) is 48.5 Å². The SMILES string of the molecule is CCc1c(/C(C)=C/C2=C(C(=O)C(C)C)COC(=O)C2(O)CC)nc2cc(F)c(C)c3c2c1C(NC(=O)C(C)(C)CC)CC3. The van der Waals surface area contributed by atoms with E-state index in [9.17, 15) is 19.5 Å². The maximum Gasteiger partial charge on any atom is 0.343 e. The predicted molar refractivity (Wildman–Crippen MR) is 166 cm³/mol. The van der Waals surface area contributed by atoms with Crippen LogP contribution in [0.3, 0.4) is 0 Å². The summed E-state index contributed by atoms with van der Waals surface area (Å²) in [4.78, 5) is 44.4. The number of Topliss-reactive ketones (excluding diaryl/α,β-unsaturated/α-hetero) is 1. The fraction of sp³-hybridized carbons (Fsp3) is 0.543. The Kier molecular flexibility index (Phi) is 9.04. The number of pyridine rings is 1. The van der Waals surface area contributed by atoms with Gasteiger partial charge in [0.2, 0.25) is 5.91 Å². The van der Waals surface area contributed by atoms with E-state index in [1.807, 2.05) is 34.6 Å². The van der Waals surface area contributed by atoms with Gasteiger partial charge >= 0.3 is 5.97 Å². The Morgan fingerprint density at radius 1 is 1.28 bits per heavy atom. The number of carbonyl (C=O) groups is 3. The van der Waals surface area contributed by atoms with Gasteiger partial charge in [0.15, 0.2) is 11.4 Å². The van der Waals surface area contributed by atoms with Crippen molar-refractivity contribution in [2.24, 2.45) is 11.3 Å². The predicted octanol–water partition coefficient (Wildman–Crippen LogP) is 6.41. The van der Waals surface area contributed by atoms with Crippen molar-refractivity contribution in [2.75, 3.05) is 6.61 Å². The smallest absolute Gasteiger partial charge is 0.343 e. The number of aliphatic hydroxyl groups is 1. The van der Waals surface area contributed by atoms with Crippen molar-refractivity contribution in [3.8, 4) is 0 Å². The van der Waals surface area contributed by atoms with E-state index >= 15 is 4.39 Å². The quantitative estimate of drug-likeness (QED) is 0.326. The summed E-state index contributed by atoms with van der Waals surface area (Å²) in [5, 5.41) is 15.7. The standard InChI is InChI=1S/C35H45FN2O5/c1-10-21-28-26(38-32(40)34(8,9)11-2)14-13-22-20(7)25(36)16-27(29(22)28)37-30(21)19(6)15-24-23(31(39)18(4)5)17-43-33(41)35(24,42)12-3/h15-16,18,26,42H,10-14,17H2,1-9H3,(H,38,40)/b19-15+. The topological polar surface area (TPSA) is 106 Å². The molecule has 2 aromatic rings. The van der Waals surface area contributed by atoms with Crippen molar-refractivity contribution in [1.29, 1.82) is 0 Å². The number of hydrogen-bond donors (Lipinski definition) is 2. The number of hydrogen-bond acceptors (Lipinski definition) is 6. The van der Waals surface area contributed by atoms with Crippen LogP contribution < -0.4 is 5.32 Å². The molecule has 1 aliphatic heterocycles. The Morgan fingerprint density at radius 3 is 2.53 bits per heavy atom. The number of rotatable bonds is 9. The molecule has 0 bridgehead atoms. The van der Waals surface area contributed by atoms with E-state index in [0.29, 0.717) is 48.0 Å². The van der Waals surface area contributed by atoms with Gasteiger partial charge in [0.1, 0.15) is 12.4 Å². The number of nitrogens with one attached hydrogen (secondary N) is 1. The molecule has 4 rings (SSSR count). The van der Waals surface area contributed by atoms with Crippen LogP contribution in [-0.2, 0) is 32.0 Å². The lowest BCUT2D eigenvalue weighted by atomic mass is 9.78. The molecule has 0 saturated carbocycles. The van der Waals surface area contributed by atoms with Crippen LogP contribution in [0.4, 0.5) is 4.39 Å². The zero-order chi connectivity index (χ0) is 32.0. The average molecular weight is 593 g/mol. The van der Waals surface area contributed by atoms with Gasteiger partial charge in [-0.25, -0.2) is 14.2 Å². The van der Waals surface area contributed by atoms with Crippen molar-refractivity contribution in [3.05, 3.63) is 57.1 Å². The van der Waals surface area contributed by atoms with Gasteiger partial charge in [0.25, 0.3) is 0 Å². The fourth-order valence-corrected chi connectivity index (χ4v) is 6.19. The second-order valence-electron chi connectivity index (χ2n) is 12.9. The van der Waals surface area contributed by atoms with Gasteiger partial charge in [-0.05, 0) is 79.9 Å². The van der Waals surface area contributed by atoms with Gasteiger partial charge < -0.3 is 15.2 Å². The molecule has 0 spiro atoms. The molecular formula is C35H45FN2O5. The normalized spacial score (nSPS) is 21.0. The van der Waals surface area contributed by atoms with Gasteiger partial charge in [0, 0.05) is 33.9 Å². The van der Waals surface area contributed by atoms with E-state index in [4.69, 9.17) is 9.72 Å². The summed E-state index contributed by atoms with van der Waals surface area (Å²) in [7, 11) is 0. The maximum absolute atomic E-state index is 15.2. The van der Waals surface area contributed by atoms with Crippen molar-refractivity contribution in [2.45, 2.75) is 106 Å². The van der Waals surface area contributed by atoms with Gasteiger partial charge in [-0.3, -0.25) is 9.59 Å². The maximum atomic E-state index is 15.2. The molecule has 0 radical (unpaired) electrons. The summed E-state index contributed by atoms with van der Waals surface area (Å²) in [5.74, 6) is -1.75. The average Bonchev–Trinajstić information content (AvgIpc) is 2.97. The summed E-state index contributed by atoms with van der Waals surface area (Å²) in [6, 6.07) is 1.15. The van der Waals surface area contributed by atoms with Crippen LogP contribution in [0, 0.1) is 24.1 Å². The minimum atomic E-state index is -1.99. The van der Waals surface area contributed by atoms with Crippen LogP contribution in [-0.4, -0.2) is 40.0 Å². The summed E-state index contributed by atoms with van der Waals surface area (Å²) in [6.07, 6.45) is 4.18.